The molecule has 0 bridgehead atoms. The van der Waals surface area contributed by atoms with Gasteiger partial charge in [-0.1, -0.05) is 5.16 Å². The maximum absolute atomic E-state index is 10.9. The molecular weight excluding hydrogens is 282 g/mol. The molecule has 2 aromatic rings. The molecule has 104 valence electrons. The molecule has 6 nitrogen and oxygen atoms in total. The molecule has 0 amide bonds. The lowest BCUT2D eigenvalue weighted by Crippen LogP contribution is -2.16. The quantitative estimate of drug-likeness (QED) is 0.871. The minimum absolute atomic E-state index is 0.123. The van der Waals surface area contributed by atoms with Crippen molar-refractivity contribution in [3.05, 3.63) is 23.9 Å². The summed E-state index contributed by atoms with van der Waals surface area (Å²) in [4.78, 5) is 11.7. The van der Waals surface area contributed by atoms with Gasteiger partial charge in [0.15, 0.2) is 23.0 Å². The smallest absolute Gasteiger partial charge is 0.358 e. The molecule has 0 radical (unpaired) electrons. The van der Waals surface area contributed by atoms with Crippen molar-refractivity contribution >= 4 is 17.7 Å². The molecule has 0 aliphatic carbocycles. The van der Waals surface area contributed by atoms with Crippen LogP contribution < -0.4 is 9.47 Å². The highest BCUT2D eigenvalue weighted by molar-refractivity contribution is 7.98. The molecule has 0 spiro atoms. The monoisotopic (exact) mass is 293 g/mol. The van der Waals surface area contributed by atoms with E-state index in [9.17, 15) is 4.79 Å². The van der Waals surface area contributed by atoms with E-state index in [1.807, 2.05) is 12.3 Å². The van der Waals surface area contributed by atoms with Crippen LogP contribution in [0.5, 0.6) is 11.5 Å². The number of hydrogen-bond acceptors (Lipinski definition) is 6. The molecule has 1 aromatic carbocycles. The number of carbonyl (C=O) groups is 1. The first kappa shape index (κ1) is 12.9. The van der Waals surface area contributed by atoms with E-state index in [-0.39, 0.29) is 5.69 Å². The second-order valence-electron chi connectivity index (χ2n) is 4.05. The van der Waals surface area contributed by atoms with Crippen LogP contribution in [0.15, 0.2) is 27.6 Å². The molecule has 20 heavy (non-hydrogen) atoms. The topological polar surface area (TPSA) is 81.8 Å². The highest BCUT2D eigenvalue weighted by Gasteiger charge is 2.22. The van der Waals surface area contributed by atoms with Gasteiger partial charge in [-0.25, -0.2) is 4.79 Å². The van der Waals surface area contributed by atoms with E-state index in [1.165, 1.54) is 17.8 Å². The van der Waals surface area contributed by atoms with Crippen LogP contribution in [0.25, 0.3) is 11.3 Å². The molecule has 7 heteroatoms. The van der Waals surface area contributed by atoms with Crippen LogP contribution >= 0.6 is 11.8 Å². The number of hydrogen-bond donors (Lipinski definition) is 1. The number of benzene rings is 1. The summed E-state index contributed by atoms with van der Waals surface area (Å²) in [5.74, 6) is 0.615. The number of thioether (sulfide) groups is 1. The third-order valence-electron chi connectivity index (χ3n) is 2.86. The van der Waals surface area contributed by atoms with E-state index in [0.29, 0.717) is 30.5 Å². The molecule has 0 atom stereocenters. The van der Waals surface area contributed by atoms with Crippen molar-refractivity contribution in [2.75, 3.05) is 19.5 Å². The van der Waals surface area contributed by atoms with Gasteiger partial charge in [0.05, 0.1) is 4.90 Å². The Labute approximate surface area is 118 Å². The fourth-order valence-corrected chi connectivity index (χ4v) is 2.72. The SMILES string of the molecule is CSc1c(-c2cc(C(=O)O)no2)ccc2c1OCCO2. The molecule has 0 fully saturated rings. The van der Waals surface area contributed by atoms with Crippen molar-refractivity contribution in [3.8, 4) is 22.8 Å². The normalized spacial score (nSPS) is 13.2. The molecule has 2 heterocycles. The van der Waals surface area contributed by atoms with Gasteiger partial charge in [-0.2, -0.15) is 0 Å². The summed E-state index contributed by atoms with van der Waals surface area (Å²) < 4.78 is 16.3. The minimum Gasteiger partial charge on any atom is -0.486 e. The summed E-state index contributed by atoms with van der Waals surface area (Å²) >= 11 is 1.48. The van der Waals surface area contributed by atoms with Gasteiger partial charge in [0.2, 0.25) is 0 Å². The molecular formula is C13H11NO5S. The fraction of sp³-hybridized carbons (Fsp3) is 0.231. The first-order valence-corrected chi connectivity index (χ1v) is 7.10. The van der Waals surface area contributed by atoms with E-state index in [4.69, 9.17) is 19.1 Å². The molecule has 1 aliphatic heterocycles. The second-order valence-corrected chi connectivity index (χ2v) is 4.87. The van der Waals surface area contributed by atoms with Gasteiger partial charge in [-0.05, 0) is 18.4 Å². The third-order valence-corrected chi connectivity index (χ3v) is 3.68. The lowest BCUT2D eigenvalue weighted by Gasteiger charge is -2.21. The number of aromatic carboxylic acids is 1. The van der Waals surface area contributed by atoms with Gasteiger partial charge in [0.1, 0.15) is 13.2 Å². The number of carboxylic acids is 1. The number of aromatic nitrogens is 1. The summed E-state index contributed by atoms with van der Waals surface area (Å²) in [5, 5.41) is 12.4. The van der Waals surface area contributed by atoms with Gasteiger partial charge in [0, 0.05) is 11.6 Å². The summed E-state index contributed by atoms with van der Waals surface area (Å²) in [6, 6.07) is 4.99. The minimum atomic E-state index is -1.12. The van der Waals surface area contributed by atoms with E-state index >= 15 is 0 Å². The summed E-state index contributed by atoms with van der Waals surface area (Å²) in [5.41, 5.74) is 0.615. The van der Waals surface area contributed by atoms with Crippen molar-refractivity contribution < 1.29 is 23.9 Å². The standard InChI is InChI=1S/C13H11NO5S/c1-20-12-7(10-6-8(13(15)16)14-19-10)2-3-9-11(12)18-5-4-17-9/h2-3,6H,4-5H2,1H3,(H,15,16). The summed E-state index contributed by atoms with van der Waals surface area (Å²) in [7, 11) is 0. The Morgan fingerprint density at radius 2 is 2.15 bits per heavy atom. The molecule has 0 unspecified atom stereocenters. The Hall–Kier alpha value is -2.15. The summed E-state index contributed by atoms with van der Waals surface area (Å²) in [6.45, 7) is 1.01. The zero-order valence-corrected chi connectivity index (χ0v) is 11.4. The van der Waals surface area contributed by atoms with Crippen LogP contribution in [0, 0.1) is 0 Å². The highest BCUT2D eigenvalue weighted by Crippen LogP contribution is 2.44. The van der Waals surface area contributed by atoms with Gasteiger partial charge in [-0.3, -0.25) is 0 Å². The first-order valence-electron chi connectivity index (χ1n) is 5.87. The second kappa shape index (κ2) is 5.09. The van der Waals surface area contributed by atoms with Crippen LogP contribution in [0.4, 0.5) is 0 Å². The molecule has 1 N–H and O–H groups in total. The van der Waals surface area contributed by atoms with Gasteiger partial charge < -0.3 is 19.1 Å². The van der Waals surface area contributed by atoms with Crippen molar-refractivity contribution in [2.24, 2.45) is 0 Å². The van der Waals surface area contributed by atoms with Gasteiger partial charge >= 0.3 is 5.97 Å². The maximum Gasteiger partial charge on any atom is 0.358 e. The van der Waals surface area contributed by atoms with Crippen molar-refractivity contribution in [3.63, 3.8) is 0 Å². The predicted molar refractivity (Wildman–Crippen MR) is 71.7 cm³/mol. The molecule has 1 aromatic heterocycles. The number of nitrogens with zero attached hydrogens (tertiary/aromatic N) is 1. The Kier molecular flexibility index (Phi) is 3.27. The number of rotatable bonds is 3. The van der Waals surface area contributed by atoms with Crippen molar-refractivity contribution in [1.82, 2.24) is 5.16 Å². The summed E-state index contributed by atoms with van der Waals surface area (Å²) in [6.07, 6.45) is 1.91. The fourth-order valence-electron chi connectivity index (χ4n) is 1.99. The average Bonchev–Trinajstić information content (AvgIpc) is 2.95. The zero-order valence-electron chi connectivity index (χ0n) is 10.6. The highest BCUT2D eigenvalue weighted by atomic mass is 32.2. The lowest BCUT2D eigenvalue weighted by atomic mass is 10.1. The maximum atomic E-state index is 10.9. The molecule has 3 rings (SSSR count). The van der Waals surface area contributed by atoms with E-state index in [2.05, 4.69) is 5.16 Å². The van der Waals surface area contributed by atoms with Crippen molar-refractivity contribution in [1.29, 1.82) is 0 Å². The van der Waals surface area contributed by atoms with Crippen LogP contribution in [0.2, 0.25) is 0 Å². The third kappa shape index (κ3) is 2.09. The van der Waals surface area contributed by atoms with Crippen molar-refractivity contribution in [2.45, 2.75) is 4.90 Å². The predicted octanol–water partition coefficient (Wildman–Crippen LogP) is 2.53. The number of fused-ring (bicyclic) bond motifs is 1. The largest absolute Gasteiger partial charge is 0.486 e. The zero-order chi connectivity index (χ0) is 14.1. The van der Waals surface area contributed by atoms with E-state index < -0.39 is 5.97 Å². The first-order chi connectivity index (χ1) is 9.70. The Morgan fingerprint density at radius 3 is 2.85 bits per heavy atom. The van der Waals surface area contributed by atoms with Crippen LogP contribution in [-0.2, 0) is 0 Å². The van der Waals surface area contributed by atoms with E-state index in [1.54, 1.807) is 6.07 Å². The van der Waals surface area contributed by atoms with Crippen LogP contribution in [0.1, 0.15) is 10.5 Å². The van der Waals surface area contributed by atoms with Crippen LogP contribution in [0.3, 0.4) is 0 Å². The molecule has 0 saturated heterocycles. The number of ether oxygens (including phenoxy) is 2. The van der Waals surface area contributed by atoms with Gasteiger partial charge in [0.25, 0.3) is 0 Å². The Balaban J connectivity index is 2.10. The lowest BCUT2D eigenvalue weighted by molar-refractivity contribution is 0.0686. The average molecular weight is 293 g/mol. The van der Waals surface area contributed by atoms with Crippen LogP contribution in [-0.4, -0.2) is 35.7 Å². The van der Waals surface area contributed by atoms with E-state index in [0.717, 1.165) is 10.5 Å². The molecule has 0 saturated carbocycles. The Morgan fingerprint density at radius 1 is 1.35 bits per heavy atom. The Bertz CT molecular complexity index is 667. The number of carboxylic acid groups (broad SMARTS) is 1. The molecule has 1 aliphatic rings. The van der Waals surface area contributed by atoms with Gasteiger partial charge in [-0.15, -0.1) is 11.8 Å².